The van der Waals surface area contributed by atoms with Crippen molar-refractivity contribution in [1.82, 2.24) is 0 Å². The van der Waals surface area contributed by atoms with Crippen molar-refractivity contribution >= 4 is 122 Å². The van der Waals surface area contributed by atoms with E-state index >= 15 is 0 Å². The van der Waals surface area contributed by atoms with Crippen molar-refractivity contribution in [2.24, 2.45) is 5.41 Å². The Labute approximate surface area is 541 Å². The number of benzene rings is 5. The maximum Gasteiger partial charge on any atom is 0.406 e. The first-order valence-corrected chi connectivity index (χ1v) is 36.1. The van der Waals surface area contributed by atoms with Crippen LogP contribution in [0.5, 0.6) is 0 Å². The predicted octanol–water partition coefficient (Wildman–Crippen LogP) is 12.1. The van der Waals surface area contributed by atoms with Crippen LogP contribution in [0.2, 0.25) is 0 Å². The van der Waals surface area contributed by atoms with Crippen LogP contribution >= 0.6 is 59.3 Å². The third kappa shape index (κ3) is 23.0. The molecule has 480 valence electrons. The summed E-state index contributed by atoms with van der Waals surface area (Å²) in [6, 6.07) is 27.8. The molecular weight excluding hydrogens is 1270 g/mol. The molecule has 90 heavy (non-hydrogen) atoms. The fourth-order valence-corrected chi connectivity index (χ4v) is 15.8. The van der Waals surface area contributed by atoms with Gasteiger partial charge in [-0.1, -0.05) is 113 Å². The van der Waals surface area contributed by atoms with Crippen molar-refractivity contribution in [2.45, 2.75) is 113 Å². The maximum absolute atomic E-state index is 14.8. The summed E-state index contributed by atoms with van der Waals surface area (Å²) in [5.74, 6) is -1.02. The lowest BCUT2D eigenvalue weighted by Gasteiger charge is -2.31. The smallest absolute Gasteiger partial charge is 0.406 e. The summed E-state index contributed by atoms with van der Waals surface area (Å²) < 4.78 is 70.6. The topological polar surface area (TPSA) is 260 Å². The number of rotatable bonds is 39. The van der Waals surface area contributed by atoms with Gasteiger partial charge in [-0.25, -0.2) is 9.59 Å². The van der Waals surface area contributed by atoms with Gasteiger partial charge in [0.25, 0.3) is 0 Å². The average Bonchev–Trinajstić information content (AvgIpc) is 0.811. The molecule has 0 heterocycles. The van der Waals surface area contributed by atoms with E-state index in [2.05, 4.69) is 0 Å². The molecule has 0 aromatic heterocycles. The first-order valence-electron chi connectivity index (χ1n) is 29.1. The van der Waals surface area contributed by atoms with Gasteiger partial charge in [-0.2, -0.15) is 35.3 Å². The molecule has 18 nitrogen and oxygen atoms in total. The fourth-order valence-electron chi connectivity index (χ4n) is 9.68. The maximum atomic E-state index is 14.8. The van der Waals surface area contributed by atoms with E-state index in [1.807, 2.05) is 0 Å². The van der Waals surface area contributed by atoms with Crippen LogP contribution in [0.3, 0.4) is 0 Å². The standard InChI is InChI=1S/C66H75O18P3S3/c1-8-66(40-82-57(70)22-28-88-25-19-54(67)79-37-49-31-43(2)60(44(3)32-49)63(73)85-76,41-83-58(71)23-29-89-26-20-55(68)80-38-50-33-45(4)61(46(5)34-50)64(74)86-77)42-84-59(72)24-30-90-27-21-56(69)81-39-51-35-47(6)62(48(7)36-51)65(75)87(78,52-15-11-9-12-16-52)53-17-13-10-14-18-53/h9-18,31-36H,8,19-30,37-42H2,1-7H3/p+2. The summed E-state index contributed by atoms with van der Waals surface area (Å²) in [6.07, 6.45) is 0.447. The molecule has 2 unspecified atom stereocenters. The molecule has 0 amide bonds. The Kier molecular flexibility index (Phi) is 31.0. The number of thioether (sulfide) groups is 3. The zero-order valence-electron chi connectivity index (χ0n) is 51.7. The van der Waals surface area contributed by atoms with E-state index in [9.17, 15) is 56.8 Å². The number of hydrogen-bond donors (Lipinski definition) is 0. The number of carbonyl (C=O) groups is 9. The second-order valence-electron chi connectivity index (χ2n) is 21.4. The molecule has 0 N–H and O–H groups in total. The Morgan fingerprint density at radius 1 is 0.400 bits per heavy atom. The number of carbonyl (C=O) groups excluding carboxylic acids is 9. The van der Waals surface area contributed by atoms with Crippen LogP contribution in [0, 0.1) is 47.0 Å². The molecule has 5 aromatic rings. The number of aryl methyl sites for hydroxylation is 6. The van der Waals surface area contributed by atoms with Crippen LogP contribution in [0.25, 0.3) is 0 Å². The lowest BCUT2D eigenvalue weighted by molar-refractivity contribution is -0.162. The highest BCUT2D eigenvalue weighted by Crippen LogP contribution is 2.48. The van der Waals surface area contributed by atoms with Crippen molar-refractivity contribution in [1.29, 1.82) is 0 Å². The van der Waals surface area contributed by atoms with E-state index in [-0.39, 0.29) is 84.6 Å². The van der Waals surface area contributed by atoms with Crippen LogP contribution in [-0.4, -0.2) is 107 Å². The summed E-state index contributed by atoms with van der Waals surface area (Å²) in [6.45, 7) is 11.4. The van der Waals surface area contributed by atoms with Crippen LogP contribution in [0.1, 0.15) is 133 Å². The highest BCUT2D eigenvalue weighted by Gasteiger charge is 2.38. The molecule has 0 aliphatic rings. The van der Waals surface area contributed by atoms with Gasteiger partial charge >= 0.3 is 63.8 Å². The number of esters is 6. The minimum atomic E-state index is -3.75. The van der Waals surface area contributed by atoms with Crippen LogP contribution in [0.4, 0.5) is 0 Å². The molecule has 0 bridgehead atoms. The Bertz CT molecular complexity index is 3220. The van der Waals surface area contributed by atoms with E-state index in [0.717, 1.165) is 0 Å². The average molecular weight is 1350 g/mol. The van der Waals surface area contributed by atoms with Crippen molar-refractivity contribution in [2.75, 3.05) is 54.3 Å². The second-order valence-corrected chi connectivity index (χ2v) is 29.1. The highest BCUT2D eigenvalue weighted by molar-refractivity contribution is 7.99. The van der Waals surface area contributed by atoms with Crippen molar-refractivity contribution in [3.63, 3.8) is 0 Å². The normalized spacial score (nSPS) is 11.9. The first kappa shape index (κ1) is 74.1. The Balaban J connectivity index is 1.06. The third-order valence-electron chi connectivity index (χ3n) is 14.4. The Morgan fingerprint density at radius 3 is 0.911 bits per heavy atom. The summed E-state index contributed by atoms with van der Waals surface area (Å²) in [5, 5.41) is 0.869. The van der Waals surface area contributed by atoms with E-state index in [1.165, 1.54) is 35.3 Å². The molecule has 0 saturated carbocycles. The van der Waals surface area contributed by atoms with Crippen LogP contribution in [0.15, 0.2) is 97.1 Å². The predicted molar refractivity (Wildman–Crippen MR) is 353 cm³/mol. The van der Waals surface area contributed by atoms with Gasteiger partial charge in [0.05, 0.1) is 55.1 Å². The molecule has 0 aliphatic heterocycles. The van der Waals surface area contributed by atoms with Gasteiger partial charge in [-0.15, -0.1) is 0 Å². The van der Waals surface area contributed by atoms with E-state index in [4.69, 9.17) is 28.4 Å². The van der Waals surface area contributed by atoms with E-state index in [0.29, 0.717) is 112 Å². The molecule has 5 aromatic carbocycles. The van der Waals surface area contributed by atoms with E-state index in [1.54, 1.807) is 146 Å². The van der Waals surface area contributed by atoms with Gasteiger partial charge in [-0.05, 0) is 98.0 Å². The molecule has 5 rings (SSSR count). The molecular formula is C66H77O18P3S3+2. The number of hydrogen-bond acceptors (Lipinski definition) is 21. The Hall–Kier alpha value is -6.59. The molecule has 0 radical (unpaired) electrons. The summed E-state index contributed by atoms with van der Waals surface area (Å²) in [5.41, 5.74) is 4.38. The van der Waals surface area contributed by atoms with Gasteiger partial charge in [0.1, 0.15) is 39.6 Å². The summed E-state index contributed by atoms with van der Waals surface area (Å²) in [4.78, 5) is 116. The number of ether oxygens (including phenoxy) is 6. The van der Waals surface area contributed by atoms with Gasteiger partial charge in [0.15, 0.2) is 0 Å². The van der Waals surface area contributed by atoms with Crippen LogP contribution in [-0.2, 0) is 90.7 Å². The van der Waals surface area contributed by atoms with Crippen LogP contribution < -0.4 is 10.6 Å². The zero-order chi connectivity index (χ0) is 65.8. The minimum Gasteiger partial charge on any atom is -0.465 e. The van der Waals surface area contributed by atoms with Gasteiger partial charge in [-0.3, -0.25) is 33.6 Å². The van der Waals surface area contributed by atoms with Crippen molar-refractivity contribution < 1.29 is 85.3 Å². The molecule has 0 fully saturated rings. The molecule has 0 saturated heterocycles. The second kappa shape index (κ2) is 37.7. The highest BCUT2D eigenvalue weighted by atomic mass is 32.2. The molecule has 0 aliphatic carbocycles. The first-order chi connectivity index (χ1) is 43.0. The van der Waals surface area contributed by atoms with Gasteiger partial charge in [0, 0.05) is 50.7 Å². The molecule has 0 spiro atoms. The van der Waals surface area contributed by atoms with Gasteiger partial charge < -0.3 is 33.0 Å². The van der Waals surface area contributed by atoms with Crippen molar-refractivity contribution in [3.05, 3.63) is 164 Å². The minimum absolute atomic E-state index is 0.00694. The van der Waals surface area contributed by atoms with E-state index < -0.39 is 81.9 Å². The fraction of sp³-hybridized carbons (Fsp3) is 0.409. The molecule has 24 heteroatoms. The lowest BCUT2D eigenvalue weighted by atomic mass is 9.88. The SMILES string of the molecule is CCC(COC(=O)CCSCCC(=O)OCc1cc(C)c(C(=O)[PH+]=O)c(C)c1)(COC(=O)CCSCCC(=O)OCc1cc(C)c(C(=O)[PH+]=O)c(C)c1)COC(=O)CCSCCC(=O)OCc1cc(C)c(C(=O)P(=O)(c2ccccc2)c2ccccc2)c(C)c1. The molecule has 2 atom stereocenters. The van der Waals surface area contributed by atoms with Crippen molar-refractivity contribution in [3.8, 4) is 0 Å². The third-order valence-corrected chi connectivity index (χ3v) is 21.1. The largest absolute Gasteiger partial charge is 0.465 e. The zero-order valence-corrected chi connectivity index (χ0v) is 57.0. The summed E-state index contributed by atoms with van der Waals surface area (Å²) >= 11 is 4.04. The summed E-state index contributed by atoms with van der Waals surface area (Å²) in [7, 11) is -5.95. The Morgan fingerprint density at radius 2 is 0.656 bits per heavy atom. The quantitative estimate of drug-likeness (QED) is 0.0153. The monoisotopic (exact) mass is 1350 g/mol. The lowest BCUT2D eigenvalue weighted by Crippen LogP contribution is -2.39. The van der Waals surface area contributed by atoms with Gasteiger partial charge in [0.2, 0.25) is 12.7 Å².